The second-order valence-electron chi connectivity index (χ2n) is 1.34. The van der Waals surface area contributed by atoms with Gasteiger partial charge in [0.1, 0.15) is 0 Å². The molecule has 0 amide bonds. The van der Waals surface area contributed by atoms with Gasteiger partial charge in [0.2, 0.25) is 0 Å². The van der Waals surface area contributed by atoms with E-state index in [0.717, 1.165) is 0 Å². The number of hydrogen-bond donors (Lipinski definition) is 0. The molecular formula is C3H9Al2Cl7N-. The molecule has 0 aliphatic carbocycles. The molecule has 0 aromatic rings. The van der Waals surface area contributed by atoms with Crippen LogP contribution in [0, 0.1) is 0 Å². The Kier molecular flexibility index (Phi) is 619. The Balaban J connectivity index is -0.00000000125. The molecule has 13 heavy (non-hydrogen) atoms. The van der Waals surface area contributed by atoms with E-state index in [9.17, 15) is 0 Å². The van der Waals surface area contributed by atoms with E-state index < -0.39 is 0 Å². The predicted molar refractivity (Wildman–Crippen MR) is 31.1 cm³/mol. The molecule has 0 radical (unpaired) electrons. The molecule has 0 saturated heterocycles. The van der Waals surface area contributed by atoms with Crippen LogP contribution in [0.1, 0.15) is 0 Å². The molecule has 0 aromatic carbocycles. The molecule has 0 aromatic heterocycles. The number of halogens is 7. The molecule has 0 fully saturated rings. The fourth-order valence-electron chi connectivity index (χ4n) is 0. The summed E-state index contributed by atoms with van der Waals surface area (Å²) >= 11 is 0. The molecule has 0 spiro atoms. The molecule has 0 N–H and O–H groups in total. The normalized spacial score (nSPS) is 2.77. The van der Waals surface area contributed by atoms with Crippen molar-refractivity contribution in [3.8, 4) is 0 Å². The number of nitrogens with zero attached hydrogens (tertiary/aromatic N) is 1. The maximum Gasteiger partial charge on any atom is 3.00 e. The van der Waals surface area contributed by atoms with Gasteiger partial charge in [-0.1, -0.05) is 0 Å². The molecule has 0 atom stereocenters. The van der Waals surface area contributed by atoms with Crippen molar-refractivity contribution in [3.63, 3.8) is 0 Å². The first kappa shape index (κ1) is 99.3. The maximum atomic E-state index is 2.00. The first-order chi connectivity index (χ1) is 1.73. The largest absolute Gasteiger partial charge is 3.00 e. The van der Waals surface area contributed by atoms with Gasteiger partial charge in [-0.05, 0) is 21.1 Å². The summed E-state index contributed by atoms with van der Waals surface area (Å²) in [5.74, 6) is 0. The minimum atomic E-state index is 0. The SMILES string of the molecule is CN(C)C.[Al+3].[Al+3].[Cl-].[Cl-].[Cl-].[Cl-].[Cl-].[Cl-].[Cl-]. The van der Waals surface area contributed by atoms with Crippen LogP contribution in [0.2, 0.25) is 0 Å². The van der Waals surface area contributed by atoms with Gasteiger partial charge in [0.25, 0.3) is 0 Å². The van der Waals surface area contributed by atoms with Gasteiger partial charge >= 0.3 is 34.7 Å². The third-order valence-corrected chi connectivity index (χ3v) is 0. The fraction of sp³-hybridized carbons (Fsp3) is 1.00. The van der Waals surface area contributed by atoms with Crippen LogP contribution >= 0.6 is 0 Å². The standard InChI is InChI=1S/C3H9N.2Al.7ClH/c1-4(2)3;;;;;;;;;/h1-3H3;;;7*1H/q;2*+3;;;;;;;/p-7. The minimum Gasteiger partial charge on any atom is -1.00 e. The van der Waals surface area contributed by atoms with E-state index in [4.69, 9.17) is 0 Å². The minimum absolute atomic E-state index is 0. The molecule has 0 unspecified atom stereocenters. The van der Waals surface area contributed by atoms with Crippen LogP contribution in [-0.4, -0.2) is 60.8 Å². The van der Waals surface area contributed by atoms with E-state index in [1.54, 1.807) is 0 Å². The van der Waals surface area contributed by atoms with E-state index in [0.29, 0.717) is 0 Å². The molecule has 0 aliphatic rings. The van der Waals surface area contributed by atoms with Crippen molar-refractivity contribution < 1.29 is 86.8 Å². The van der Waals surface area contributed by atoms with Crippen LogP contribution in [0.4, 0.5) is 0 Å². The van der Waals surface area contributed by atoms with Crippen molar-refractivity contribution in [2.24, 2.45) is 0 Å². The average molecular weight is 361 g/mol. The van der Waals surface area contributed by atoms with Crippen molar-refractivity contribution in [2.45, 2.75) is 0 Å². The van der Waals surface area contributed by atoms with Gasteiger partial charge < -0.3 is 91.7 Å². The van der Waals surface area contributed by atoms with Crippen LogP contribution in [-0.2, 0) is 0 Å². The van der Waals surface area contributed by atoms with Crippen LogP contribution < -0.4 is 86.8 Å². The third-order valence-electron chi connectivity index (χ3n) is 0. The summed E-state index contributed by atoms with van der Waals surface area (Å²) in [6.07, 6.45) is 0. The zero-order valence-corrected chi connectivity index (χ0v) is 14.8. The first-order valence-corrected chi connectivity index (χ1v) is 1.34. The zero-order chi connectivity index (χ0) is 3.58. The summed E-state index contributed by atoms with van der Waals surface area (Å²) in [6.45, 7) is 0. The summed E-state index contributed by atoms with van der Waals surface area (Å²) in [6, 6.07) is 0. The van der Waals surface area contributed by atoms with Crippen molar-refractivity contribution in [3.05, 3.63) is 0 Å². The summed E-state index contributed by atoms with van der Waals surface area (Å²) in [7, 11) is 6.00. The van der Waals surface area contributed by atoms with Crippen LogP contribution in [0.15, 0.2) is 0 Å². The molecular weight excluding hydrogens is 352 g/mol. The second-order valence-corrected chi connectivity index (χ2v) is 1.34. The topological polar surface area (TPSA) is 3.24 Å². The van der Waals surface area contributed by atoms with E-state index in [2.05, 4.69) is 0 Å². The Hall–Kier alpha value is 3.05. The van der Waals surface area contributed by atoms with Crippen molar-refractivity contribution >= 4 is 34.7 Å². The summed E-state index contributed by atoms with van der Waals surface area (Å²) in [4.78, 5) is 2.00. The van der Waals surface area contributed by atoms with Gasteiger partial charge in [0.15, 0.2) is 0 Å². The van der Waals surface area contributed by atoms with E-state index in [-0.39, 0.29) is 122 Å². The molecule has 0 saturated carbocycles. The number of hydrogen-bond acceptors (Lipinski definition) is 1. The monoisotopic (exact) mass is 358 g/mol. The van der Waals surface area contributed by atoms with Gasteiger partial charge in [0, 0.05) is 0 Å². The van der Waals surface area contributed by atoms with E-state index in [1.807, 2.05) is 26.0 Å². The van der Waals surface area contributed by atoms with Crippen LogP contribution in [0.25, 0.3) is 0 Å². The Labute approximate surface area is 146 Å². The Morgan fingerprint density at radius 1 is 0.462 bits per heavy atom. The maximum absolute atomic E-state index is 2.00. The quantitative estimate of drug-likeness (QED) is 0.388. The molecule has 0 aliphatic heterocycles. The first-order valence-electron chi connectivity index (χ1n) is 1.34. The molecule has 0 heterocycles. The molecule has 0 rings (SSSR count). The van der Waals surface area contributed by atoms with E-state index in [1.165, 1.54) is 0 Å². The predicted octanol–water partition coefficient (Wildman–Crippen LogP) is -21.6. The molecule has 0 bridgehead atoms. The molecule has 82 valence electrons. The van der Waals surface area contributed by atoms with E-state index >= 15 is 0 Å². The Morgan fingerprint density at radius 3 is 0.462 bits per heavy atom. The number of rotatable bonds is 0. The van der Waals surface area contributed by atoms with Crippen molar-refractivity contribution in [2.75, 3.05) is 21.1 Å². The molecule has 10 heteroatoms. The van der Waals surface area contributed by atoms with Crippen molar-refractivity contribution in [1.82, 2.24) is 4.90 Å². The smallest absolute Gasteiger partial charge is 1.00 e. The van der Waals surface area contributed by atoms with Gasteiger partial charge in [0.05, 0.1) is 0 Å². The van der Waals surface area contributed by atoms with Gasteiger partial charge in [-0.3, -0.25) is 0 Å². The zero-order valence-electron chi connectivity index (χ0n) is 7.25. The van der Waals surface area contributed by atoms with Gasteiger partial charge in [-0.2, -0.15) is 0 Å². The Bertz CT molecular complexity index is 26.5. The summed E-state index contributed by atoms with van der Waals surface area (Å²) in [5.41, 5.74) is 0. The summed E-state index contributed by atoms with van der Waals surface area (Å²) in [5, 5.41) is 0. The molecule has 1 nitrogen and oxygen atoms in total. The fourth-order valence-corrected chi connectivity index (χ4v) is 0. The van der Waals surface area contributed by atoms with Gasteiger partial charge in [-0.15, -0.1) is 0 Å². The van der Waals surface area contributed by atoms with Crippen LogP contribution in [0.3, 0.4) is 0 Å². The van der Waals surface area contributed by atoms with Crippen molar-refractivity contribution in [1.29, 1.82) is 0 Å². The Morgan fingerprint density at radius 2 is 0.462 bits per heavy atom. The summed E-state index contributed by atoms with van der Waals surface area (Å²) < 4.78 is 0. The van der Waals surface area contributed by atoms with Crippen LogP contribution in [0.5, 0.6) is 0 Å². The second kappa shape index (κ2) is 81.1. The third kappa shape index (κ3) is 275. The van der Waals surface area contributed by atoms with Gasteiger partial charge in [-0.25, -0.2) is 0 Å². The average Bonchev–Trinajstić information content (AvgIpc) is 0.811.